The number of halogens is 1. The van der Waals surface area contributed by atoms with Crippen molar-refractivity contribution in [3.05, 3.63) is 58.6 Å². The van der Waals surface area contributed by atoms with Gasteiger partial charge in [0.2, 0.25) is 5.16 Å². The highest BCUT2D eigenvalue weighted by Gasteiger charge is 2.12. The molecule has 3 aromatic rings. The molecule has 7 heteroatoms. The Balaban J connectivity index is 1.73. The Labute approximate surface area is 153 Å². The maximum atomic E-state index is 6.16. The minimum Gasteiger partial charge on any atom is -0.494 e. The van der Waals surface area contributed by atoms with Crippen LogP contribution in [0.15, 0.2) is 58.2 Å². The van der Waals surface area contributed by atoms with Gasteiger partial charge in [-0.25, -0.2) is 4.68 Å². The van der Waals surface area contributed by atoms with Crippen molar-refractivity contribution in [1.29, 1.82) is 0 Å². The van der Waals surface area contributed by atoms with E-state index < -0.39 is 0 Å². The number of hydrogen-bond donors (Lipinski definition) is 1. The summed E-state index contributed by atoms with van der Waals surface area (Å²) in [6, 6.07) is 15.8. The van der Waals surface area contributed by atoms with Gasteiger partial charge in [-0.05, 0) is 48.9 Å². The summed E-state index contributed by atoms with van der Waals surface area (Å²) in [6.07, 6.45) is 0. The first kappa shape index (κ1) is 16.9. The summed E-state index contributed by atoms with van der Waals surface area (Å²) < 4.78 is 8.03. The largest absolute Gasteiger partial charge is 0.494 e. The van der Waals surface area contributed by atoms with Crippen LogP contribution in [0.4, 0.5) is 0 Å². The van der Waals surface area contributed by atoms with Crippen LogP contribution in [0.1, 0.15) is 12.5 Å². The number of nitrogen functional groups attached to an aromatic ring is 1. The highest BCUT2D eigenvalue weighted by molar-refractivity contribution is 9.10. The molecule has 0 aliphatic heterocycles. The lowest BCUT2D eigenvalue weighted by Crippen LogP contribution is -2.11. The molecule has 0 unspecified atom stereocenters. The Hall–Kier alpha value is -1.99. The summed E-state index contributed by atoms with van der Waals surface area (Å²) in [5, 5.41) is 9.08. The van der Waals surface area contributed by atoms with Gasteiger partial charge in [0.1, 0.15) is 5.75 Å². The monoisotopic (exact) mass is 404 g/mol. The van der Waals surface area contributed by atoms with Crippen LogP contribution in [-0.4, -0.2) is 21.5 Å². The molecule has 124 valence electrons. The zero-order valence-electron chi connectivity index (χ0n) is 13.1. The minimum absolute atomic E-state index is 0.634. The second kappa shape index (κ2) is 7.72. The SMILES string of the molecule is CCOc1ccc(-c2nnc(SCc3cccc(Br)c3)n2N)cc1. The summed E-state index contributed by atoms with van der Waals surface area (Å²) in [5.41, 5.74) is 2.10. The molecular formula is C17H17BrN4OS. The van der Waals surface area contributed by atoms with Crippen molar-refractivity contribution >= 4 is 27.7 Å². The van der Waals surface area contributed by atoms with Gasteiger partial charge in [-0.1, -0.05) is 39.8 Å². The number of ether oxygens (including phenoxy) is 1. The van der Waals surface area contributed by atoms with Crippen molar-refractivity contribution in [2.24, 2.45) is 0 Å². The highest BCUT2D eigenvalue weighted by atomic mass is 79.9. The van der Waals surface area contributed by atoms with E-state index in [4.69, 9.17) is 10.6 Å². The maximum Gasteiger partial charge on any atom is 0.210 e. The van der Waals surface area contributed by atoms with Crippen molar-refractivity contribution in [1.82, 2.24) is 14.9 Å². The third kappa shape index (κ3) is 3.91. The molecular weight excluding hydrogens is 388 g/mol. The number of nitrogens with zero attached hydrogens (tertiary/aromatic N) is 3. The first-order chi connectivity index (χ1) is 11.7. The Morgan fingerprint density at radius 2 is 1.96 bits per heavy atom. The van der Waals surface area contributed by atoms with Crippen LogP contribution in [0.5, 0.6) is 5.75 Å². The van der Waals surface area contributed by atoms with Gasteiger partial charge in [0, 0.05) is 15.8 Å². The van der Waals surface area contributed by atoms with Gasteiger partial charge in [0.05, 0.1) is 6.61 Å². The van der Waals surface area contributed by atoms with Crippen LogP contribution in [0.2, 0.25) is 0 Å². The number of rotatable bonds is 6. The third-order valence-electron chi connectivity index (χ3n) is 3.35. The maximum absolute atomic E-state index is 6.16. The molecule has 5 nitrogen and oxygen atoms in total. The summed E-state index contributed by atoms with van der Waals surface area (Å²) in [7, 11) is 0. The molecule has 0 fully saturated rings. The van der Waals surface area contributed by atoms with Crippen LogP contribution in [-0.2, 0) is 5.75 Å². The number of thioether (sulfide) groups is 1. The van der Waals surface area contributed by atoms with E-state index in [1.807, 2.05) is 43.3 Å². The smallest absolute Gasteiger partial charge is 0.210 e. The molecule has 0 saturated heterocycles. The average Bonchev–Trinajstić information content (AvgIpc) is 2.95. The zero-order chi connectivity index (χ0) is 16.9. The summed E-state index contributed by atoms with van der Waals surface area (Å²) >= 11 is 5.03. The third-order valence-corrected chi connectivity index (χ3v) is 4.85. The van der Waals surface area contributed by atoms with Gasteiger partial charge < -0.3 is 10.6 Å². The quantitative estimate of drug-likeness (QED) is 0.494. The van der Waals surface area contributed by atoms with Crippen LogP contribution >= 0.6 is 27.7 Å². The van der Waals surface area contributed by atoms with Gasteiger partial charge in [-0.3, -0.25) is 0 Å². The summed E-state index contributed by atoms with van der Waals surface area (Å²) in [6.45, 7) is 2.60. The van der Waals surface area contributed by atoms with E-state index in [9.17, 15) is 0 Å². The van der Waals surface area contributed by atoms with E-state index >= 15 is 0 Å². The summed E-state index contributed by atoms with van der Waals surface area (Å²) in [4.78, 5) is 0. The lowest BCUT2D eigenvalue weighted by atomic mass is 10.2. The fourth-order valence-corrected chi connectivity index (χ4v) is 3.46. The van der Waals surface area contributed by atoms with Crippen molar-refractivity contribution in [2.75, 3.05) is 12.4 Å². The molecule has 0 spiro atoms. The second-order valence-electron chi connectivity index (χ2n) is 5.05. The molecule has 1 heterocycles. The minimum atomic E-state index is 0.634. The van der Waals surface area contributed by atoms with E-state index in [-0.39, 0.29) is 0 Å². The predicted molar refractivity (Wildman–Crippen MR) is 100 cm³/mol. The molecule has 0 atom stereocenters. The Morgan fingerprint density at radius 3 is 2.67 bits per heavy atom. The van der Waals surface area contributed by atoms with Gasteiger partial charge in [0.25, 0.3) is 0 Å². The molecule has 0 aliphatic rings. The van der Waals surface area contributed by atoms with E-state index in [0.717, 1.165) is 21.5 Å². The number of hydrogen-bond acceptors (Lipinski definition) is 5. The molecule has 2 N–H and O–H groups in total. The van der Waals surface area contributed by atoms with Gasteiger partial charge in [-0.2, -0.15) is 0 Å². The van der Waals surface area contributed by atoms with Crippen LogP contribution in [0, 0.1) is 0 Å². The zero-order valence-corrected chi connectivity index (χ0v) is 15.5. The molecule has 0 saturated carbocycles. The van der Waals surface area contributed by atoms with Crippen LogP contribution < -0.4 is 10.6 Å². The number of aromatic nitrogens is 3. The molecule has 0 aliphatic carbocycles. The topological polar surface area (TPSA) is 66.0 Å². The second-order valence-corrected chi connectivity index (χ2v) is 6.91. The van der Waals surface area contributed by atoms with Crippen molar-refractivity contribution < 1.29 is 4.74 Å². The van der Waals surface area contributed by atoms with Crippen LogP contribution in [0.3, 0.4) is 0 Å². The van der Waals surface area contributed by atoms with Crippen molar-refractivity contribution in [3.63, 3.8) is 0 Å². The Kier molecular flexibility index (Phi) is 5.42. The Bertz CT molecular complexity index is 820. The number of benzene rings is 2. The van der Waals surface area contributed by atoms with Gasteiger partial charge >= 0.3 is 0 Å². The molecule has 0 radical (unpaired) electrons. The first-order valence-electron chi connectivity index (χ1n) is 7.48. The average molecular weight is 405 g/mol. The highest BCUT2D eigenvalue weighted by Crippen LogP contribution is 2.26. The molecule has 2 aromatic carbocycles. The van der Waals surface area contributed by atoms with Gasteiger partial charge in [-0.15, -0.1) is 10.2 Å². The van der Waals surface area contributed by atoms with E-state index in [1.54, 1.807) is 11.8 Å². The molecule has 1 aromatic heterocycles. The first-order valence-corrected chi connectivity index (χ1v) is 9.26. The Morgan fingerprint density at radius 1 is 1.17 bits per heavy atom. The molecule has 0 amide bonds. The van der Waals surface area contributed by atoms with E-state index in [1.165, 1.54) is 10.2 Å². The lowest BCUT2D eigenvalue weighted by Gasteiger charge is -2.06. The molecule has 24 heavy (non-hydrogen) atoms. The fraction of sp³-hybridized carbons (Fsp3) is 0.176. The predicted octanol–water partition coefficient (Wildman–Crippen LogP) is 4.11. The van der Waals surface area contributed by atoms with Gasteiger partial charge in [0.15, 0.2) is 5.82 Å². The fourth-order valence-electron chi connectivity index (χ4n) is 2.21. The van der Waals surface area contributed by atoms with E-state index in [0.29, 0.717) is 17.6 Å². The van der Waals surface area contributed by atoms with Crippen molar-refractivity contribution in [2.45, 2.75) is 17.8 Å². The standard InChI is InChI=1S/C17H17BrN4OS/c1-2-23-15-8-6-13(7-9-15)16-20-21-17(22(16)19)24-11-12-4-3-5-14(18)10-12/h3-10H,2,11,19H2,1H3. The van der Waals surface area contributed by atoms with Crippen molar-refractivity contribution in [3.8, 4) is 17.1 Å². The normalized spacial score (nSPS) is 10.8. The van der Waals surface area contributed by atoms with E-state index in [2.05, 4.69) is 38.3 Å². The molecule has 0 bridgehead atoms. The summed E-state index contributed by atoms with van der Waals surface area (Å²) in [5.74, 6) is 8.39. The number of nitrogens with two attached hydrogens (primary N) is 1. The van der Waals surface area contributed by atoms with Crippen LogP contribution in [0.25, 0.3) is 11.4 Å². The lowest BCUT2D eigenvalue weighted by molar-refractivity contribution is 0.340. The molecule has 3 rings (SSSR count).